The standard InChI is InChI=1S/C26H29NO7/c1-15(2)20-14-18(8-11-21(20)33-5)24(29)22-23(27(12-13-32-4)26(31)25(22)30)17-6-9-19(10-7-17)34-16(3)28/h6-11,14-15,23,29H,12-13H2,1-5H3/b24-22-. The van der Waals surface area contributed by atoms with E-state index in [4.69, 9.17) is 14.2 Å². The molecule has 8 nitrogen and oxygen atoms in total. The van der Waals surface area contributed by atoms with E-state index in [1.165, 1.54) is 18.9 Å². The number of carbonyl (C=O) groups excluding carboxylic acids is 3. The molecule has 1 amide bonds. The highest BCUT2D eigenvalue weighted by Gasteiger charge is 2.45. The van der Waals surface area contributed by atoms with Gasteiger partial charge in [0.1, 0.15) is 17.3 Å². The molecule has 0 radical (unpaired) electrons. The molecule has 1 saturated heterocycles. The van der Waals surface area contributed by atoms with Crippen molar-refractivity contribution in [3.05, 3.63) is 64.7 Å². The Morgan fingerprint density at radius 1 is 1.09 bits per heavy atom. The van der Waals surface area contributed by atoms with Gasteiger partial charge in [0.2, 0.25) is 0 Å². The Hall–Kier alpha value is -3.65. The maximum absolute atomic E-state index is 13.1. The van der Waals surface area contributed by atoms with E-state index in [1.807, 2.05) is 13.8 Å². The Bertz CT molecular complexity index is 1120. The third-order valence-corrected chi connectivity index (χ3v) is 5.66. The lowest BCUT2D eigenvalue weighted by molar-refractivity contribution is -0.140. The van der Waals surface area contributed by atoms with Crippen molar-refractivity contribution in [3.63, 3.8) is 0 Å². The minimum Gasteiger partial charge on any atom is -0.507 e. The van der Waals surface area contributed by atoms with Gasteiger partial charge in [-0.15, -0.1) is 0 Å². The van der Waals surface area contributed by atoms with Crippen molar-refractivity contribution >= 4 is 23.4 Å². The number of likely N-dealkylation sites (tertiary alicyclic amines) is 1. The molecule has 0 aromatic heterocycles. The van der Waals surface area contributed by atoms with Crippen LogP contribution in [-0.4, -0.2) is 55.0 Å². The molecule has 1 unspecified atom stereocenters. The van der Waals surface area contributed by atoms with Crippen LogP contribution < -0.4 is 9.47 Å². The van der Waals surface area contributed by atoms with Crippen LogP contribution in [0.3, 0.4) is 0 Å². The van der Waals surface area contributed by atoms with Crippen molar-refractivity contribution in [1.29, 1.82) is 0 Å². The molecule has 1 aliphatic rings. The Labute approximate surface area is 198 Å². The molecule has 1 atom stereocenters. The van der Waals surface area contributed by atoms with Gasteiger partial charge in [-0.05, 0) is 47.4 Å². The van der Waals surface area contributed by atoms with Gasteiger partial charge in [-0.1, -0.05) is 26.0 Å². The van der Waals surface area contributed by atoms with E-state index >= 15 is 0 Å². The van der Waals surface area contributed by atoms with E-state index in [0.29, 0.717) is 22.6 Å². The van der Waals surface area contributed by atoms with E-state index in [0.717, 1.165) is 5.56 Å². The lowest BCUT2D eigenvalue weighted by Gasteiger charge is -2.25. The van der Waals surface area contributed by atoms with Gasteiger partial charge < -0.3 is 24.2 Å². The number of hydrogen-bond donors (Lipinski definition) is 1. The van der Waals surface area contributed by atoms with Crippen LogP contribution in [0.15, 0.2) is 48.0 Å². The fourth-order valence-corrected chi connectivity index (χ4v) is 4.02. The number of carbonyl (C=O) groups is 3. The molecule has 0 saturated carbocycles. The smallest absolute Gasteiger partial charge is 0.308 e. The predicted molar refractivity (Wildman–Crippen MR) is 126 cm³/mol. The zero-order chi connectivity index (χ0) is 25.0. The zero-order valence-corrected chi connectivity index (χ0v) is 20.0. The third kappa shape index (κ3) is 4.97. The SMILES string of the molecule is COCCN1C(=O)C(=O)/C(=C(\O)c2ccc(OC)c(C(C)C)c2)C1c1ccc(OC(C)=O)cc1. The lowest BCUT2D eigenvalue weighted by atomic mass is 9.93. The molecule has 34 heavy (non-hydrogen) atoms. The van der Waals surface area contributed by atoms with E-state index in [-0.39, 0.29) is 30.4 Å². The normalized spacial score (nSPS) is 17.4. The second-order valence-electron chi connectivity index (χ2n) is 8.26. The number of ketones is 1. The summed E-state index contributed by atoms with van der Waals surface area (Å²) in [5.74, 6) is -1.10. The number of nitrogens with zero attached hydrogens (tertiary/aromatic N) is 1. The van der Waals surface area contributed by atoms with E-state index < -0.39 is 23.7 Å². The topological polar surface area (TPSA) is 102 Å². The summed E-state index contributed by atoms with van der Waals surface area (Å²) in [6.07, 6.45) is 0. The number of hydrogen-bond acceptors (Lipinski definition) is 7. The Balaban J connectivity index is 2.15. The summed E-state index contributed by atoms with van der Waals surface area (Å²) in [5, 5.41) is 11.3. The second kappa shape index (κ2) is 10.5. The summed E-state index contributed by atoms with van der Waals surface area (Å²) in [7, 11) is 3.08. The fourth-order valence-electron chi connectivity index (χ4n) is 4.02. The highest BCUT2D eigenvalue weighted by atomic mass is 16.5. The molecular formula is C26H29NO7. The molecule has 3 rings (SSSR count). The third-order valence-electron chi connectivity index (χ3n) is 5.66. The number of Topliss-reactive ketones (excluding diaryl/α,β-unsaturated/α-hetero) is 1. The van der Waals surface area contributed by atoms with Gasteiger partial charge in [0.15, 0.2) is 0 Å². The lowest BCUT2D eigenvalue weighted by Crippen LogP contribution is -2.32. The number of esters is 1. The fraction of sp³-hybridized carbons (Fsp3) is 0.346. The van der Waals surface area contributed by atoms with Crippen LogP contribution in [0.1, 0.15) is 49.4 Å². The van der Waals surface area contributed by atoms with Gasteiger partial charge in [0, 0.05) is 26.1 Å². The van der Waals surface area contributed by atoms with E-state index in [9.17, 15) is 19.5 Å². The molecule has 1 aliphatic heterocycles. The maximum atomic E-state index is 13.1. The monoisotopic (exact) mass is 467 g/mol. The van der Waals surface area contributed by atoms with Gasteiger partial charge in [-0.3, -0.25) is 14.4 Å². The quantitative estimate of drug-likeness (QED) is 0.207. The van der Waals surface area contributed by atoms with Gasteiger partial charge in [0.05, 0.1) is 25.3 Å². The van der Waals surface area contributed by atoms with Crippen molar-refractivity contribution in [1.82, 2.24) is 4.90 Å². The number of aliphatic hydroxyl groups is 1. The van der Waals surface area contributed by atoms with Crippen LogP contribution in [0.25, 0.3) is 5.76 Å². The molecule has 1 heterocycles. The summed E-state index contributed by atoms with van der Waals surface area (Å²) in [5.41, 5.74) is 1.85. The van der Waals surface area contributed by atoms with Crippen LogP contribution in [0, 0.1) is 0 Å². The Kier molecular flexibility index (Phi) is 7.73. The summed E-state index contributed by atoms with van der Waals surface area (Å²) in [6.45, 7) is 5.67. The van der Waals surface area contributed by atoms with E-state index in [2.05, 4.69) is 0 Å². The molecule has 0 spiro atoms. The molecule has 2 aromatic carbocycles. The molecule has 0 aliphatic carbocycles. The van der Waals surface area contributed by atoms with Crippen molar-refractivity contribution < 1.29 is 33.7 Å². The molecule has 0 bridgehead atoms. The Morgan fingerprint density at radius 3 is 2.32 bits per heavy atom. The maximum Gasteiger partial charge on any atom is 0.308 e. The van der Waals surface area contributed by atoms with Crippen LogP contribution >= 0.6 is 0 Å². The van der Waals surface area contributed by atoms with E-state index in [1.54, 1.807) is 49.6 Å². The minimum absolute atomic E-state index is 0.0128. The largest absolute Gasteiger partial charge is 0.507 e. The van der Waals surface area contributed by atoms with Crippen molar-refractivity contribution in [2.75, 3.05) is 27.4 Å². The molecule has 8 heteroatoms. The summed E-state index contributed by atoms with van der Waals surface area (Å²) >= 11 is 0. The number of rotatable bonds is 8. The number of benzene rings is 2. The first-order valence-corrected chi connectivity index (χ1v) is 10.9. The first-order chi connectivity index (χ1) is 16.2. The second-order valence-corrected chi connectivity index (χ2v) is 8.26. The summed E-state index contributed by atoms with van der Waals surface area (Å²) in [6, 6.07) is 10.8. The minimum atomic E-state index is -0.828. The van der Waals surface area contributed by atoms with Crippen LogP contribution in [0.4, 0.5) is 0 Å². The number of ether oxygens (including phenoxy) is 3. The van der Waals surface area contributed by atoms with Crippen LogP contribution in [0.2, 0.25) is 0 Å². The van der Waals surface area contributed by atoms with Crippen LogP contribution in [0.5, 0.6) is 11.5 Å². The number of aliphatic hydroxyl groups excluding tert-OH is 1. The molecule has 1 fully saturated rings. The summed E-state index contributed by atoms with van der Waals surface area (Å²) < 4.78 is 15.6. The van der Waals surface area contributed by atoms with Crippen LogP contribution in [-0.2, 0) is 19.1 Å². The van der Waals surface area contributed by atoms with Gasteiger partial charge in [-0.2, -0.15) is 0 Å². The first-order valence-electron chi connectivity index (χ1n) is 10.9. The van der Waals surface area contributed by atoms with Gasteiger partial charge in [0.25, 0.3) is 11.7 Å². The average molecular weight is 468 g/mol. The number of amides is 1. The molecule has 2 aromatic rings. The first kappa shape index (κ1) is 25.0. The molecule has 180 valence electrons. The van der Waals surface area contributed by atoms with Gasteiger partial charge in [-0.25, -0.2) is 0 Å². The number of methoxy groups -OCH3 is 2. The highest BCUT2D eigenvalue weighted by molar-refractivity contribution is 6.46. The molecular weight excluding hydrogens is 438 g/mol. The Morgan fingerprint density at radius 2 is 1.76 bits per heavy atom. The zero-order valence-electron chi connectivity index (χ0n) is 20.0. The molecule has 1 N–H and O–H groups in total. The highest BCUT2D eigenvalue weighted by Crippen LogP contribution is 2.40. The van der Waals surface area contributed by atoms with Gasteiger partial charge >= 0.3 is 5.97 Å². The summed E-state index contributed by atoms with van der Waals surface area (Å²) in [4.78, 5) is 38.6. The predicted octanol–water partition coefficient (Wildman–Crippen LogP) is 3.81. The average Bonchev–Trinajstić information content (AvgIpc) is 3.06. The van der Waals surface area contributed by atoms with Crippen molar-refractivity contribution in [3.8, 4) is 11.5 Å². The van der Waals surface area contributed by atoms with Crippen molar-refractivity contribution in [2.24, 2.45) is 0 Å². The van der Waals surface area contributed by atoms with Crippen molar-refractivity contribution in [2.45, 2.75) is 32.7 Å².